The monoisotopic (exact) mass is 268 g/mol. The number of hydrazine groups is 1. The van der Waals surface area contributed by atoms with Crippen molar-refractivity contribution in [2.75, 3.05) is 5.43 Å². The summed E-state index contributed by atoms with van der Waals surface area (Å²) in [4.78, 5) is 9.29. The van der Waals surface area contributed by atoms with Gasteiger partial charge in [-0.25, -0.2) is 15.8 Å². The second kappa shape index (κ2) is 5.21. The molecule has 1 aromatic heterocycles. The second-order valence-corrected chi connectivity index (χ2v) is 5.71. The summed E-state index contributed by atoms with van der Waals surface area (Å²) in [6, 6.07) is 10.5. The number of aromatic nitrogens is 2. The Hall–Kier alpha value is -1.94. The first-order chi connectivity index (χ1) is 9.67. The summed E-state index contributed by atoms with van der Waals surface area (Å²) in [5.74, 6) is 7.86. The zero-order valence-corrected chi connectivity index (χ0v) is 11.9. The van der Waals surface area contributed by atoms with E-state index in [-0.39, 0.29) is 0 Å². The summed E-state index contributed by atoms with van der Waals surface area (Å²) in [5, 5.41) is 0. The van der Waals surface area contributed by atoms with Crippen LogP contribution >= 0.6 is 0 Å². The lowest BCUT2D eigenvalue weighted by Gasteiger charge is -2.13. The summed E-state index contributed by atoms with van der Waals surface area (Å²) < 4.78 is 0. The van der Waals surface area contributed by atoms with Gasteiger partial charge in [-0.3, -0.25) is 0 Å². The molecule has 0 aliphatic heterocycles. The Labute approximate surface area is 119 Å². The van der Waals surface area contributed by atoms with Crippen molar-refractivity contribution in [2.45, 2.75) is 38.5 Å². The maximum atomic E-state index is 5.53. The first-order valence-corrected chi connectivity index (χ1v) is 7.09. The van der Waals surface area contributed by atoms with E-state index < -0.39 is 0 Å². The van der Waals surface area contributed by atoms with Crippen LogP contribution in [0.25, 0.3) is 0 Å². The third-order valence-electron chi connectivity index (χ3n) is 3.92. The van der Waals surface area contributed by atoms with Crippen LogP contribution in [0, 0.1) is 0 Å². The zero-order chi connectivity index (χ0) is 14.1. The van der Waals surface area contributed by atoms with Crippen molar-refractivity contribution in [3.63, 3.8) is 0 Å². The lowest BCUT2D eigenvalue weighted by Crippen LogP contribution is -2.14. The van der Waals surface area contributed by atoms with Crippen molar-refractivity contribution in [2.24, 2.45) is 5.84 Å². The lowest BCUT2D eigenvalue weighted by atomic mass is 10.0. The van der Waals surface area contributed by atoms with Crippen LogP contribution in [-0.4, -0.2) is 9.97 Å². The van der Waals surface area contributed by atoms with E-state index in [0.29, 0.717) is 17.7 Å². The van der Waals surface area contributed by atoms with Crippen LogP contribution in [-0.2, 0) is 12.8 Å². The fourth-order valence-corrected chi connectivity index (χ4v) is 2.78. The minimum Gasteiger partial charge on any atom is -0.308 e. The number of nitrogens with one attached hydrogen (secondary N) is 1. The largest absolute Gasteiger partial charge is 0.308 e. The zero-order valence-electron chi connectivity index (χ0n) is 11.9. The highest BCUT2D eigenvalue weighted by Gasteiger charge is 2.25. The summed E-state index contributed by atoms with van der Waals surface area (Å²) in [7, 11) is 0. The van der Waals surface area contributed by atoms with Gasteiger partial charge < -0.3 is 5.43 Å². The van der Waals surface area contributed by atoms with Crippen LogP contribution in [0.1, 0.15) is 48.3 Å². The number of hydrogen-bond acceptors (Lipinski definition) is 4. The van der Waals surface area contributed by atoms with E-state index in [9.17, 15) is 0 Å². The van der Waals surface area contributed by atoms with Crippen molar-refractivity contribution >= 4 is 5.82 Å². The highest BCUT2D eigenvalue weighted by Crippen LogP contribution is 2.33. The van der Waals surface area contributed by atoms with Crippen molar-refractivity contribution in [3.8, 4) is 0 Å². The number of benzene rings is 1. The first-order valence-electron chi connectivity index (χ1n) is 7.09. The molecule has 1 aliphatic rings. The molecule has 2 aromatic rings. The molecule has 0 radical (unpaired) electrons. The number of nitrogens with zero attached hydrogens (tertiary/aromatic N) is 2. The van der Waals surface area contributed by atoms with Crippen molar-refractivity contribution in [1.29, 1.82) is 0 Å². The van der Waals surface area contributed by atoms with E-state index >= 15 is 0 Å². The lowest BCUT2D eigenvalue weighted by molar-refractivity contribution is 0.665. The van der Waals surface area contributed by atoms with Crippen molar-refractivity contribution < 1.29 is 0 Å². The Morgan fingerprint density at radius 1 is 1.15 bits per heavy atom. The molecule has 104 valence electrons. The Kier molecular flexibility index (Phi) is 3.40. The van der Waals surface area contributed by atoms with Crippen LogP contribution in [0.2, 0.25) is 0 Å². The number of hydrogen-bond donors (Lipinski definition) is 2. The van der Waals surface area contributed by atoms with Crippen LogP contribution in [0.5, 0.6) is 0 Å². The number of anilines is 1. The van der Waals surface area contributed by atoms with Gasteiger partial charge in [0.05, 0.1) is 0 Å². The van der Waals surface area contributed by atoms with Gasteiger partial charge in [0.1, 0.15) is 11.6 Å². The third-order valence-corrected chi connectivity index (χ3v) is 3.92. The summed E-state index contributed by atoms with van der Waals surface area (Å²) in [6.45, 7) is 4.27. The topological polar surface area (TPSA) is 63.8 Å². The second-order valence-electron chi connectivity index (χ2n) is 5.71. The van der Waals surface area contributed by atoms with Crippen molar-refractivity contribution in [3.05, 3.63) is 53.0 Å². The van der Waals surface area contributed by atoms with Gasteiger partial charge in [0.15, 0.2) is 0 Å². The number of nitrogen functional groups attached to an aromatic ring is 1. The molecule has 0 atom stereocenters. The molecule has 0 amide bonds. The average Bonchev–Trinajstić information content (AvgIpc) is 2.90. The molecule has 20 heavy (non-hydrogen) atoms. The average molecular weight is 268 g/mol. The third kappa shape index (κ3) is 2.39. The summed E-state index contributed by atoms with van der Waals surface area (Å²) in [5.41, 5.74) is 6.53. The molecular formula is C16H20N4. The van der Waals surface area contributed by atoms with Gasteiger partial charge >= 0.3 is 0 Å². The maximum Gasteiger partial charge on any atom is 0.143 e. The first kappa shape index (κ1) is 13.1. The number of nitrogens with two attached hydrogens (primary N) is 1. The van der Waals surface area contributed by atoms with E-state index in [1.165, 1.54) is 11.1 Å². The van der Waals surface area contributed by atoms with Crippen molar-refractivity contribution in [1.82, 2.24) is 9.97 Å². The van der Waals surface area contributed by atoms with Crippen LogP contribution in [0.15, 0.2) is 30.3 Å². The minimum atomic E-state index is 0.359. The fraction of sp³-hybridized carbons (Fsp3) is 0.375. The smallest absolute Gasteiger partial charge is 0.143 e. The molecule has 0 saturated carbocycles. The van der Waals surface area contributed by atoms with Gasteiger partial charge in [-0.15, -0.1) is 0 Å². The Morgan fingerprint density at radius 2 is 1.80 bits per heavy atom. The molecule has 1 aliphatic carbocycles. The van der Waals surface area contributed by atoms with E-state index in [4.69, 9.17) is 10.8 Å². The van der Waals surface area contributed by atoms with Gasteiger partial charge in [-0.2, -0.15) is 0 Å². The predicted octanol–water partition coefficient (Wildman–Crippen LogP) is 2.77. The standard InChI is InChI=1S/C16H20N4/c1-10(2)14-9-15(20-17)19-16(18-14)13-7-11-5-3-4-6-12(11)8-13/h3-6,9-10,13H,7-8,17H2,1-2H3,(H,18,19,20). The molecule has 0 unspecified atom stereocenters. The Bertz CT molecular complexity index is 597. The van der Waals surface area contributed by atoms with Crippen LogP contribution in [0.3, 0.4) is 0 Å². The fourth-order valence-electron chi connectivity index (χ4n) is 2.78. The molecule has 0 saturated heterocycles. The SMILES string of the molecule is CC(C)c1cc(NN)nc(C2Cc3ccccc3C2)n1. The van der Waals surface area contributed by atoms with E-state index in [2.05, 4.69) is 48.5 Å². The van der Waals surface area contributed by atoms with E-state index in [1.54, 1.807) is 0 Å². The molecular weight excluding hydrogens is 248 g/mol. The Morgan fingerprint density at radius 3 is 2.35 bits per heavy atom. The van der Waals surface area contributed by atoms with Gasteiger partial charge in [0.2, 0.25) is 0 Å². The molecule has 1 heterocycles. The highest BCUT2D eigenvalue weighted by molar-refractivity contribution is 5.39. The Balaban J connectivity index is 1.94. The van der Waals surface area contributed by atoms with Crippen LogP contribution < -0.4 is 11.3 Å². The maximum absolute atomic E-state index is 5.53. The quantitative estimate of drug-likeness (QED) is 0.663. The molecule has 4 nitrogen and oxygen atoms in total. The van der Waals surface area contributed by atoms with Gasteiger partial charge in [-0.05, 0) is 29.9 Å². The normalized spacial score (nSPS) is 14.6. The summed E-state index contributed by atoms with van der Waals surface area (Å²) >= 11 is 0. The summed E-state index contributed by atoms with van der Waals surface area (Å²) in [6.07, 6.45) is 2.03. The minimum absolute atomic E-state index is 0.359. The van der Waals surface area contributed by atoms with E-state index in [0.717, 1.165) is 24.4 Å². The van der Waals surface area contributed by atoms with Gasteiger partial charge in [-0.1, -0.05) is 38.1 Å². The van der Waals surface area contributed by atoms with Gasteiger partial charge in [0.25, 0.3) is 0 Å². The predicted molar refractivity (Wildman–Crippen MR) is 80.5 cm³/mol. The molecule has 4 heteroatoms. The van der Waals surface area contributed by atoms with Crippen LogP contribution in [0.4, 0.5) is 5.82 Å². The van der Waals surface area contributed by atoms with Gasteiger partial charge in [0, 0.05) is 17.7 Å². The highest BCUT2D eigenvalue weighted by atomic mass is 15.3. The molecule has 0 bridgehead atoms. The number of rotatable bonds is 3. The molecule has 3 rings (SSSR count). The molecule has 1 aromatic carbocycles. The molecule has 0 fully saturated rings. The molecule has 3 N–H and O–H groups in total. The number of fused-ring (bicyclic) bond motifs is 1. The van der Waals surface area contributed by atoms with E-state index in [1.807, 2.05) is 6.07 Å². The molecule has 0 spiro atoms.